The summed E-state index contributed by atoms with van der Waals surface area (Å²) in [7, 11) is 0. The number of carbonyl (C=O) groups is 4. The highest BCUT2D eigenvalue weighted by Gasteiger charge is 2.61. The van der Waals surface area contributed by atoms with E-state index >= 15 is 0 Å². The molecular formula is C65H62O16. The Bertz CT molecular complexity index is 3810. The molecule has 5 atom stereocenters. The van der Waals surface area contributed by atoms with E-state index in [0.717, 1.165) is 12.5 Å². The van der Waals surface area contributed by atoms with Gasteiger partial charge in [-0.05, 0) is 105 Å². The van der Waals surface area contributed by atoms with Gasteiger partial charge in [-0.3, -0.25) is 19.2 Å². The molecule has 16 nitrogen and oxygen atoms in total. The van der Waals surface area contributed by atoms with E-state index in [2.05, 4.69) is 0 Å². The van der Waals surface area contributed by atoms with Crippen LogP contribution in [-0.2, 0) is 12.8 Å². The average molecular weight is 1100 g/mol. The zero-order valence-corrected chi connectivity index (χ0v) is 46.4. The Morgan fingerprint density at radius 3 is 1.59 bits per heavy atom. The van der Waals surface area contributed by atoms with Crippen LogP contribution in [0.5, 0.6) is 69.0 Å². The van der Waals surface area contributed by atoms with Crippen molar-refractivity contribution in [3.8, 4) is 69.0 Å². The summed E-state index contributed by atoms with van der Waals surface area (Å²) >= 11 is 0. The molecule has 5 aliphatic heterocycles. The standard InChI is InChI=1S/C65H62O16/c1-28-49(70)34(53(74)41(30(3)66)50(28)71)25-35-54(75)45(40(69)24-22-33-19-15-12-16-20-33)60-43-37(27-63(5,6)79-60)48-62(78-56(35)43)47-55(76)42(31(4)67)57-36(58(47)80-65(48,9)10)26-38-59(77-57)46-52(73)29(2)51(72)44(61(46)81-64(38,7)8)39(68)23-21-32-17-13-11-14-18-32/h11-24,37-38,48,59,62,70-76H,25-27H2,1-10H3/b23-21+,24-22+/t37-,38?,48+,59?,62+/m0/s1. The van der Waals surface area contributed by atoms with E-state index in [-0.39, 0.29) is 91.7 Å². The highest BCUT2D eigenvalue weighted by molar-refractivity contribution is 6.12. The van der Waals surface area contributed by atoms with Crippen molar-refractivity contribution < 1.29 is 78.6 Å². The predicted molar refractivity (Wildman–Crippen MR) is 298 cm³/mol. The molecule has 0 bridgehead atoms. The highest BCUT2D eigenvalue weighted by Crippen LogP contribution is 2.68. The van der Waals surface area contributed by atoms with Crippen molar-refractivity contribution in [2.45, 2.75) is 123 Å². The van der Waals surface area contributed by atoms with Gasteiger partial charge in [0.2, 0.25) is 0 Å². The smallest absolute Gasteiger partial charge is 0.193 e. The van der Waals surface area contributed by atoms with E-state index in [1.807, 2.05) is 64.1 Å². The molecule has 0 aromatic heterocycles. The van der Waals surface area contributed by atoms with Crippen LogP contribution in [0.15, 0.2) is 72.8 Å². The van der Waals surface area contributed by atoms with Gasteiger partial charge in [0.05, 0.1) is 11.1 Å². The number of aromatic hydroxyl groups is 7. The first-order valence-electron chi connectivity index (χ1n) is 26.8. The lowest BCUT2D eigenvalue weighted by atomic mass is 9.63. The summed E-state index contributed by atoms with van der Waals surface area (Å²) < 4.78 is 34.8. The van der Waals surface area contributed by atoms with Crippen molar-refractivity contribution in [1.82, 2.24) is 0 Å². The van der Waals surface area contributed by atoms with Crippen LogP contribution >= 0.6 is 0 Å². The molecular weight excluding hydrogens is 1040 g/mol. The van der Waals surface area contributed by atoms with Gasteiger partial charge in [-0.1, -0.05) is 72.8 Å². The number of carbonyl (C=O) groups excluding carboxylic acids is 4. The van der Waals surface area contributed by atoms with Crippen molar-refractivity contribution in [1.29, 1.82) is 0 Å². The van der Waals surface area contributed by atoms with Gasteiger partial charge in [-0.25, -0.2) is 0 Å². The molecule has 0 saturated heterocycles. The molecule has 5 heterocycles. The van der Waals surface area contributed by atoms with Gasteiger partial charge in [-0.15, -0.1) is 0 Å². The Morgan fingerprint density at radius 1 is 0.519 bits per heavy atom. The van der Waals surface area contributed by atoms with Crippen molar-refractivity contribution >= 4 is 35.3 Å². The Labute approximate surface area is 467 Å². The molecule has 0 amide bonds. The van der Waals surface area contributed by atoms with Crippen molar-refractivity contribution in [3.05, 3.63) is 151 Å². The van der Waals surface area contributed by atoms with Crippen molar-refractivity contribution in [2.24, 2.45) is 11.8 Å². The summed E-state index contributed by atoms with van der Waals surface area (Å²) in [6.45, 7) is 16.2. The molecule has 81 heavy (non-hydrogen) atoms. The Hall–Kier alpha value is -8.92. The molecule has 0 radical (unpaired) electrons. The summed E-state index contributed by atoms with van der Waals surface area (Å²) in [5.74, 6) is -8.81. The van der Waals surface area contributed by atoms with Crippen LogP contribution < -0.4 is 23.7 Å². The molecule has 0 spiro atoms. The predicted octanol–water partition coefficient (Wildman–Crippen LogP) is 12.1. The van der Waals surface area contributed by atoms with Gasteiger partial charge in [0.25, 0.3) is 0 Å². The number of Topliss-reactive ketones (excluding diaryl/α,β-unsaturated/α-hetero) is 2. The topological polar surface area (TPSA) is 256 Å². The minimum absolute atomic E-state index is 0.0112. The third-order valence-corrected chi connectivity index (χ3v) is 17.0. The Balaban J connectivity index is 1.12. The lowest BCUT2D eigenvalue weighted by Crippen LogP contribution is -2.54. The zero-order chi connectivity index (χ0) is 58.3. The number of hydrogen-bond donors (Lipinski definition) is 7. The molecule has 0 fully saturated rings. The quantitative estimate of drug-likeness (QED) is 0.0497. The van der Waals surface area contributed by atoms with Gasteiger partial charge >= 0.3 is 0 Å². The fraction of sp³-hybridized carbons (Fsp3) is 0.323. The summed E-state index contributed by atoms with van der Waals surface area (Å²) in [6.07, 6.45) is 3.19. The number of benzene rings is 6. The number of ether oxygens (including phenoxy) is 5. The summed E-state index contributed by atoms with van der Waals surface area (Å²) in [6, 6.07) is 18.1. The third kappa shape index (κ3) is 8.39. The first-order chi connectivity index (χ1) is 38.2. The molecule has 16 heteroatoms. The Kier molecular flexibility index (Phi) is 12.6. The molecule has 7 N–H and O–H groups in total. The summed E-state index contributed by atoms with van der Waals surface area (Å²) in [5, 5.41) is 83.6. The van der Waals surface area contributed by atoms with Crippen LogP contribution in [0, 0.1) is 25.7 Å². The average Bonchev–Trinajstić information content (AvgIpc) is 3.11. The molecule has 6 aromatic carbocycles. The molecule has 11 rings (SSSR count). The minimum Gasteiger partial charge on any atom is -0.507 e. The number of rotatable bonds is 10. The van der Waals surface area contributed by atoms with E-state index in [1.165, 1.54) is 32.9 Å². The molecule has 0 aliphatic carbocycles. The number of ketones is 4. The fourth-order valence-corrected chi connectivity index (χ4v) is 13.0. The van der Waals surface area contributed by atoms with Crippen LogP contribution in [-0.4, -0.2) is 75.7 Å². The fourth-order valence-electron chi connectivity index (χ4n) is 13.0. The lowest BCUT2D eigenvalue weighted by Gasteiger charge is -2.55. The van der Waals surface area contributed by atoms with E-state index in [1.54, 1.807) is 50.3 Å². The SMILES string of the molecule is CC(=O)c1c(O)c(C)c(O)c(Cc2c(O)c(C(=O)/C=C/c3ccccc3)c3c4c2O[C@@H]2c5c(O)c(C(C)=O)c6c(c5OC(C)(C)[C@@H]2[C@H]4CC(C)(C)O3)CC2C(O6)c3c(O)c(C)c(O)c(C(=O)/C=C/c4ccccc4)c3OC2(C)C)c1O. The first kappa shape index (κ1) is 54.1. The number of phenolic OH excluding ortho intramolecular Hbond substituents is 7. The highest BCUT2D eigenvalue weighted by atomic mass is 16.5. The monoisotopic (exact) mass is 1100 g/mol. The van der Waals surface area contributed by atoms with Crippen molar-refractivity contribution in [3.63, 3.8) is 0 Å². The van der Waals surface area contributed by atoms with Gasteiger partial charge in [-0.2, -0.15) is 0 Å². The molecule has 6 aromatic rings. The van der Waals surface area contributed by atoms with Gasteiger partial charge in [0.1, 0.15) is 120 Å². The Morgan fingerprint density at radius 2 is 1.01 bits per heavy atom. The van der Waals surface area contributed by atoms with Crippen LogP contribution in [0.1, 0.15) is 177 Å². The molecule has 5 aliphatic rings. The van der Waals surface area contributed by atoms with E-state index in [0.29, 0.717) is 16.7 Å². The molecule has 2 unspecified atom stereocenters. The lowest BCUT2D eigenvalue weighted by molar-refractivity contribution is -0.0888. The number of phenols is 7. The molecule has 0 saturated carbocycles. The second-order valence-corrected chi connectivity index (χ2v) is 23.5. The molecule has 418 valence electrons. The second-order valence-electron chi connectivity index (χ2n) is 23.5. The van der Waals surface area contributed by atoms with Gasteiger partial charge < -0.3 is 59.4 Å². The zero-order valence-electron chi connectivity index (χ0n) is 46.4. The maximum Gasteiger partial charge on any atom is 0.193 e. The number of allylic oxidation sites excluding steroid dienone is 2. The van der Waals surface area contributed by atoms with Crippen molar-refractivity contribution in [2.75, 3.05) is 0 Å². The van der Waals surface area contributed by atoms with Crippen LogP contribution in [0.2, 0.25) is 0 Å². The largest absolute Gasteiger partial charge is 0.507 e. The second kappa shape index (κ2) is 18.9. The van der Waals surface area contributed by atoms with Gasteiger partial charge in [0.15, 0.2) is 23.1 Å². The number of hydrogen-bond acceptors (Lipinski definition) is 16. The van der Waals surface area contributed by atoms with Crippen LogP contribution in [0.4, 0.5) is 0 Å². The number of fused-ring (bicyclic) bond motifs is 9. The third-order valence-electron chi connectivity index (χ3n) is 17.0. The maximum atomic E-state index is 14.8. The first-order valence-corrected chi connectivity index (χ1v) is 26.8. The normalized spacial score (nSPS) is 21.0. The van der Waals surface area contributed by atoms with E-state index < -0.39 is 122 Å². The van der Waals surface area contributed by atoms with Crippen LogP contribution in [0.25, 0.3) is 12.2 Å². The summed E-state index contributed by atoms with van der Waals surface area (Å²) in [4.78, 5) is 56.2. The van der Waals surface area contributed by atoms with E-state index in [9.17, 15) is 54.9 Å². The van der Waals surface area contributed by atoms with E-state index in [4.69, 9.17) is 23.7 Å². The van der Waals surface area contributed by atoms with Gasteiger partial charge in [0, 0.05) is 57.6 Å². The van der Waals surface area contributed by atoms with Crippen LogP contribution in [0.3, 0.4) is 0 Å². The minimum atomic E-state index is -1.23. The maximum absolute atomic E-state index is 14.8. The summed E-state index contributed by atoms with van der Waals surface area (Å²) in [5.41, 5.74) is -2.91.